The fourth-order valence-corrected chi connectivity index (χ4v) is 3.84. The van der Waals surface area contributed by atoms with Gasteiger partial charge in [-0.1, -0.05) is 19.3 Å². The second kappa shape index (κ2) is 5.89. The zero-order valence-electron chi connectivity index (χ0n) is 13.5. The first kappa shape index (κ1) is 15.3. The average Bonchev–Trinajstić information content (AvgIpc) is 2.45. The van der Waals surface area contributed by atoms with E-state index in [1.165, 1.54) is 36.7 Å². The van der Waals surface area contributed by atoms with Crippen molar-refractivity contribution in [1.29, 1.82) is 0 Å². The van der Waals surface area contributed by atoms with Gasteiger partial charge in [-0.2, -0.15) is 4.98 Å². The lowest BCUT2D eigenvalue weighted by atomic mass is 9.78. The third kappa shape index (κ3) is 2.83. The van der Waals surface area contributed by atoms with E-state index in [4.69, 9.17) is 0 Å². The summed E-state index contributed by atoms with van der Waals surface area (Å²) in [4.78, 5) is 31.3. The topological polar surface area (TPSA) is 79.8 Å². The van der Waals surface area contributed by atoms with Crippen LogP contribution in [0.1, 0.15) is 65.2 Å². The Labute approximate surface area is 130 Å². The van der Waals surface area contributed by atoms with Gasteiger partial charge < -0.3 is 5.32 Å². The number of aromatic nitrogens is 3. The van der Waals surface area contributed by atoms with E-state index in [1.807, 2.05) is 6.92 Å². The normalized spacial score (nSPS) is 22.8. The number of H-pyrrole nitrogens is 1. The molecule has 1 heterocycles. The molecule has 2 aliphatic rings. The van der Waals surface area contributed by atoms with Crippen LogP contribution in [-0.2, 0) is 5.54 Å². The average molecular weight is 306 g/mol. The van der Waals surface area contributed by atoms with Crippen LogP contribution < -0.4 is 16.7 Å². The van der Waals surface area contributed by atoms with Crippen molar-refractivity contribution in [2.75, 3.05) is 5.32 Å². The van der Waals surface area contributed by atoms with Crippen molar-refractivity contribution >= 4 is 5.95 Å². The highest BCUT2D eigenvalue weighted by molar-refractivity contribution is 5.23. The first-order chi connectivity index (χ1) is 10.5. The highest BCUT2D eigenvalue weighted by atomic mass is 16.2. The van der Waals surface area contributed by atoms with Crippen LogP contribution in [0, 0.1) is 5.92 Å². The zero-order valence-corrected chi connectivity index (χ0v) is 13.5. The lowest BCUT2D eigenvalue weighted by Crippen LogP contribution is -2.52. The summed E-state index contributed by atoms with van der Waals surface area (Å²) in [6.45, 7) is 4.06. The highest BCUT2D eigenvalue weighted by Crippen LogP contribution is 2.36. The van der Waals surface area contributed by atoms with Crippen LogP contribution in [0.3, 0.4) is 0 Å². The second-order valence-corrected chi connectivity index (χ2v) is 7.19. The molecule has 2 saturated carbocycles. The maximum Gasteiger partial charge on any atom is 0.355 e. The molecule has 2 fully saturated rings. The number of hydrogen-bond donors (Lipinski definition) is 2. The van der Waals surface area contributed by atoms with Gasteiger partial charge in [-0.05, 0) is 51.9 Å². The number of anilines is 1. The molecule has 6 heteroatoms. The van der Waals surface area contributed by atoms with Crippen molar-refractivity contribution in [2.24, 2.45) is 5.92 Å². The molecule has 1 aromatic heterocycles. The molecular weight excluding hydrogens is 280 g/mol. The minimum absolute atomic E-state index is 0.220. The predicted octanol–water partition coefficient (Wildman–Crippen LogP) is 2.21. The monoisotopic (exact) mass is 306 g/mol. The Kier molecular flexibility index (Phi) is 4.10. The Hall–Kier alpha value is -1.59. The number of aromatic amines is 1. The standard InChI is InChI=1S/C16H26N4O2/c1-11(12-7-4-3-5-8-12)17-13-18-14(21)20(15(22)19-13)16(2)9-6-10-16/h11-12H,3-10H2,1-2H3,(H2,17,18,19,21,22)/t11-/m0/s1. The SMILES string of the molecule is C[C@H](Nc1nc(=O)n(C2(C)CCC2)c(=O)[nH]1)C1CCCCC1. The van der Waals surface area contributed by atoms with Gasteiger partial charge in [0.2, 0.25) is 5.95 Å². The van der Waals surface area contributed by atoms with Crippen LogP contribution in [0.25, 0.3) is 0 Å². The van der Waals surface area contributed by atoms with Crippen molar-refractivity contribution in [3.8, 4) is 0 Å². The van der Waals surface area contributed by atoms with Crippen LogP contribution in [0.15, 0.2) is 9.59 Å². The van der Waals surface area contributed by atoms with Gasteiger partial charge >= 0.3 is 11.4 Å². The molecule has 0 amide bonds. The quantitative estimate of drug-likeness (QED) is 0.894. The fourth-order valence-electron chi connectivity index (χ4n) is 3.84. The Morgan fingerprint density at radius 3 is 2.45 bits per heavy atom. The van der Waals surface area contributed by atoms with Gasteiger partial charge in [-0.15, -0.1) is 0 Å². The molecule has 3 rings (SSSR count). The van der Waals surface area contributed by atoms with Crippen LogP contribution in [0.2, 0.25) is 0 Å². The summed E-state index contributed by atoms with van der Waals surface area (Å²) in [5.41, 5.74) is -1.14. The molecular formula is C16H26N4O2. The minimum Gasteiger partial charge on any atom is -0.353 e. The molecule has 0 bridgehead atoms. The Morgan fingerprint density at radius 2 is 1.91 bits per heavy atom. The smallest absolute Gasteiger partial charge is 0.353 e. The van der Waals surface area contributed by atoms with Crippen molar-refractivity contribution < 1.29 is 0 Å². The molecule has 1 aromatic rings. The van der Waals surface area contributed by atoms with Crippen molar-refractivity contribution in [3.63, 3.8) is 0 Å². The van der Waals surface area contributed by atoms with Crippen LogP contribution in [-0.4, -0.2) is 20.6 Å². The molecule has 0 spiro atoms. The molecule has 0 radical (unpaired) electrons. The predicted molar refractivity (Wildman–Crippen MR) is 86.3 cm³/mol. The van der Waals surface area contributed by atoms with Crippen LogP contribution >= 0.6 is 0 Å². The summed E-state index contributed by atoms with van der Waals surface area (Å²) in [5.74, 6) is 0.901. The van der Waals surface area contributed by atoms with Gasteiger partial charge in [-0.25, -0.2) is 14.2 Å². The molecule has 2 N–H and O–H groups in total. The number of rotatable bonds is 4. The van der Waals surface area contributed by atoms with Gasteiger partial charge in [0, 0.05) is 6.04 Å². The highest BCUT2D eigenvalue weighted by Gasteiger charge is 2.36. The van der Waals surface area contributed by atoms with Crippen LogP contribution in [0.5, 0.6) is 0 Å². The Bertz CT molecular complexity index is 607. The summed E-state index contributed by atoms with van der Waals surface area (Å²) >= 11 is 0. The van der Waals surface area contributed by atoms with Crippen molar-refractivity contribution in [1.82, 2.24) is 14.5 Å². The summed E-state index contributed by atoms with van der Waals surface area (Å²) in [5, 5.41) is 3.23. The molecule has 0 unspecified atom stereocenters. The van der Waals surface area contributed by atoms with E-state index in [2.05, 4.69) is 22.2 Å². The number of nitrogens with zero attached hydrogens (tertiary/aromatic N) is 2. The molecule has 122 valence electrons. The molecule has 1 atom stereocenters. The fraction of sp³-hybridized carbons (Fsp3) is 0.812. The van der Waals surface area contributed by atoms with Gasteiger partial charge in [-0.3, -0.25) is 4.98 Å². The second-order valence-electron chi connectivity index (χ2n) is 7.19. The lowest BCUT2D eigenvalue weighted by molar-refractivity contribution is 0.153. The summed E-state index contributed by atoms with van der Waals surface area (Å²) in [6, 6.07) is 0.220. The first-order valence-corrected chi connectivity index (χ1v) is 8.50. The summed E-state index contributed by atoms with van der Waals surface area (Å²) in [7, 11) is 0. The molecule has 2 aliphatic carbocycles. The number of hydrogen-bond acceptors (Lipinski definition) is 4. The molecule has 0 aliphatic heterocycles. The third-order valence-electron chi connectivity index (χ3n) is 5.52. The summed E-state index contributed by atoms with van der Waals surface area (Å²) in [6.07, 6.45) is 9.03. The van der Waals surface area contributed by atoms with E-state index >= 15 is 0 Å². The molecule has 22 heavy (non-hydrogen) atoms. The molecule has 6 nitrogen and oxygen atoms in total. The Morgan fingerprint density at radius 1 is 1.23 bits per heavy atom. The van der Waals surface area contributed by atoms with Crippen molar-refractivity contribution in [3.05, 3.63) is 21.0 Å². The molecule has 0 aromatic carbocycles. The summed E-state index contributed by atoms with van der Waals surface area (Å²) < 4.78 is 1.28. The minimum atomic E-state index is -0.440. The largest absolute Gasteiger partial charge is 0.355 e. The van der Waals surface area contributed by atoms with E-state index in [9.17, 15) is 9.59 Å². The number of nitrogens with one attached hydrogen (secondary N) is 2. The van der Waals surface area contributed by atoms with Crippen molar-refractivity contribution in [2.45, 2.75) is 76.8 Å². The van der Waals surface area contributed by atoms with Gasteiger partial charge in [0.1, 0.15) is 0 Å². The van der Waals surface area contributed by atoms with E-state index in [0.29, 0.717) is 11.9 Å². The molecule has 0 saturated heterocycles. The first-order valence-electron chi connectivity index (χ1n) is 8.50. The van der Waals surface area contributed by atoms with Crippen LogP contribution in [0.4, 0.5) is 5.95 Å². The van der Waals surface area contributed by atoms with E-state index in [1.54, 1.807) is 0 Å². The van der Waals surface area contributed by atoms with E-state index in [-0.39, 0.29) is 17.3 Å². The van der Waals surface area contributed by atoms with Gasteiger partial charge in [0.05, 0.1) is 5.54 Å². The Balaban J connectivity index is 1.78. The van der Waals surface area contributed by atoms with E-state index in [0.717, 1.165) is 19.3 Å². The maximum absolute atomic E-state index is 12.3. The van der Waals surface area contributed by atoms with E-state index < -0.39 is 5.69 Å². The zero-order chi connectivity index (χ0) is 15.7. The van der Waals surface area contributed by atoms with Gasteiger partial charge in [0.15, 0.2) is 0 Å². The third-order valence-corrected chi connectivity index (χ3v) is 5.52. The maximum atomic E-state index is 12.3. The lowest BCUT2D eigenvalue weighted by Gasteiger charge is -2.38. The van der Waals surface area contributed by atoms with Gasteiger partial charge in [0.25, 0.3) is 0 Å².